The van der Waals surface area contributed by atoms with Crippen LogP contribution in [0.2, 0.25) is 0 Å². The summed E-state index contributed by atoms with van der Waals surface area (Å²) >= 11 is 0. The number of imidazole rings is 1. The van der Waals surface area contributed by atoms with Gasteiger partial charge in [0.05, 0.1) is 7.05 Å². The van der Waals surface area contributed by atoms with E-state index < -0.39 is 11.2 Å². The van der Waals surface area contributed by atoms with E-state index in [1.165, 1.54) is 7.05 Å². The largest absolute Gasteiger partial charge is 0.360 e. The van der Waals surface area contributed by atoms with Crippen LogP contribution in [-0.2, 0) is 7.05 Å². The van der Waals surface area contributed by atoms with Crippen molar-refractivity contribution in [3.8, 4) is 0 Å². The van der Waals surface area contributed by atoms with Crippen molar-refractivity contribution < 1.29 is 15.1 Å². The van der Waals surface area contributed by atoms with E-state index in [1.54, 1.807) is 0 Å². The lowest BCUT2D eigenvalue weighted by atomic mass is 10.6. The summed E-state index contributed by atoms with van der Waals surface area (Å²) in [5.41, 5.74) is 0. The third-order valence-electron chi connectivity index (χ3n) is 1.42. The van der Waals surface area contributed by atoms with Crippen molar-refractivity contribution in [3.05, 3.63) is 22.1 Å². The van der Waals surface area contributed by atoms with Crippen molar-refractivity contribution in [1.82, 2.24) is 9.55 Å². The molecule has 0 spiro atoms. The van der Waals surface area contributed by atoms with Crippen molar-refractivity contribution in [1.29, 1.82) is 0 Å². The fourth-order valence-corrected chi connectivity index (χ4v) is 0.824. The van der Waals surface area contributed by atoms with Crippen LogP contribution in [0.1, 0.15) is 12.1 Å². The number of aromatic nitrogens is 2. The van der Waals surface area contributed by atoms with Crippen molar-refractivity contribution >= 4 is 5.82 Å². The topological polar surface area (TPSA) is 101 Å². The summed E-state index contributed by atoms with van der Waals surface area (Å²) in [4.78, 5) is 13.0. The highest BCUT2D eigenvalue weighted by Crippen LogP contribution is 2.15. The number of hydrogen-bond acceptors (Lipinski definition) is 5. The number of hydrogen-bond donors (Lipinski definition) is 2. The molecule has 0 aliphatic carbocycles. The van der Waals surface area contributed by atoms with Crippen molar-refractivity contribution in [3.63, 3.8) is 0 Å². The van der Waals surface area contributed by atoms with Gasteiger partial charge >= 0.3 is 5.82 Å². The minimum atomic E-state index is -1.79. The highest BCUT2D eigenvalue weighted by Gasteiger charge is 2.20. The number of aliphatic hydroxyl groups excluding tert-OH is 1. The van der Waals surface area contributed by atoms with Gasteiger partial charge in [-0.05, 0) is 4.92 Å². The van der Waals surface area contributed by atoms with E-state index in [9.17, 15) is 10.1 Å². The maximum Gasteiger partial charge on any atom is 0.342 e. The molecule has 7 heteroatoms. The van der Waals surface area contributed by atoms with E-state index in [2.05, 4.69) is 4.98 Å². The smallest absolute Gasteiger partial charge is 0.342 e. The maximum atomic E-state index is 10.2. The molecular weight excluding hydrogens is 166 g/mol. The van der Waals surface area contributed by atoms with E-state index in [1.807, 2.05) is 0 Å². The molecule has 0 fully saturated rings. The molecule has 12 heavy (non-hydrogen) atoms. The molecular formula is C5H7N3O4. The predicted molar refractivity (Wildman–Crippen MR) is 37.0 cm³/mol. The van der Waals surface area contributed by atoms with Crippen LogP contribution in [0.25, 0.3) is 0 Å². The minimum absolute atomic E-state index is 0.151. The normalized spacial score (nSPS) is 10.7. The molecule has 1 rings (SSSR count). The molecule has 1 aromatic heterocycles. The SMILES string of the molecule is Cn1c([N+](=O)[O-])cnc1C(O)O. The van der Waals surface area contributed by atoms with E-state index in [0.717, 1.165) is 10.8 Å². The standard InChI is InChI=1S/C5H7N3O4/c1-7-3(8(11)12)2-6-4(7)5(9)10/h2,5,9-10H,1H3. The molecule has 66 valence electrons. The highest BCUT2D eigenvalue weighted by atomic mass is 16.6. The van der Waals surface area contributed by atoms with Crippen LogP contribution >= 0.6 is 0 Å². The summed E-state index contributed by atoms with van der Waals surface area (Å²) in [6.45, 7) is 0. The van der Waals surface area contributed by atoms with Gasteiger partial charge in [0.2, 0.25) is 6.29 Å². The zero-order valence-electron chi connectivity index (χ0n) is 6.21. The van der Waals surface area contributed by atoms with Gasteiger partial charge < -0.3 is 20.3 Å². The molecule has 2 N–H and O–H groups in total. The fraction of sp³-hybridized carbons (Fsp3) is 0.400. The molecule has 0 bridgehead atoms. The first-order valence-corrected chi connectivity index (χ1v) is 3.06. The van der Waals surface area contributed by atoms with E-state index in [4.69, 9.17) is 10.2 Å². The van der Waals surface area contributed by atoms with Crippen LogP contribution in [-0.4, -0.2) is 24.7 Å². The quantitative estimate of drug-likeness (QED) is 0.350. The van der Waals surface area contributed by atoms with Gasteiger partial charge in [-0.25, -0.2) is 9.55 Å². The van der Waals surface area contributed by atoms with Crippen molar-refractivity contribution in [2.24, 2.45) is 7.05 Å². The Labute approximate surface area is 67.0 Å². The van der Waals surface area contributed by atoms with Crippen LogP contribution in [0, 0.1) is 10.1 Å². The Kier molecular flexibility index (Phi) is 2.07. The van der Waals surface area contributed by atoms with Crippen LogP contribution in [0.3, 0.4) is 0 Å². The van der Waals surface area contributed by atoms with Crippen LogP contribution in [0.15, 0.2) is 6.20 Å². The Morgan fingerprint density at radius 1 is 1.75 bits per heavy atom. The summed E-state index contributed by atoms with van der Waals surface area (Å²) in [7, 11) is 1.33. The molecule has 0 unspecified atom stereocenters. The Morgan fingerprint density at radius 3 is 2.58 bits per heavy atom. The molecule has 1 aromatic rings. The number of aliphatic hydroxyl groups is 2. The van der Waals surface area contributed by atoms with Gasteiger partial charge in [-0.2, -0.15) is 0 Å². The van der Waals surface area contributed by atoms with Crippen LogP contribution < -0.4 is 0 Å². The second-order valence-corrected chi connectivity index (χ2v) is 2.16. The van der Waals surface area contributed by atoms with E-state index in [-0.39, 0.29) is 11.6 Å². The molecule has 0 saturated heterocycles. The Hall–Kier alpha value is -1.47. The fourth-order valence-electron chi connectivity index (χ4n) is 0.824. The predicted octanol–water partition coefficient (Wildman–Crippen LogP) is -0.689. The summed E-state index contributed by atoms with van der Waals surface area (Å²) in [6.07, 6.45) is -0.821. The number of nitrogens with zero attached hydrogens (tertiary/aromatic N) is 3. The van der Waals surface area contributed by atoms with Crippen LogP contribution in [0.4, 0.5) is 5.82 Å². The lowest BCUT2D eigenvalue weighted by molar-refractivity contribution is -0.392. The van der Waals surface area contributed by atoms with Gasteiger partial charge in [0, 0.05) is 0 Å². The molecule has 0 aliphatic heterocycles. The first-order chi connectivity index (χ1) is 5.54. The molecule has 0 radical (unpaired) electrons. The Morgan fingerprint density at radius 2 is 2.33 bits per heavy atom. The second-order valence-electron chi connectivity index (χ2n) is 2.16. The Bertz CT molecular complexity index is 306. The lowest BCUT2D eigenvalue weighted by Gasteiger charge is -1.98. The third-order valence-corrected chi connectivity index (χ3v) is 1.42. The molecule has 7 nitrogen and oxygen atoms in total. The zero-order chi connectivity index (χ0) is 9.30. The molecule has 0 aromatic carbocycles. The van der Waals surface area contributed by atoms with Gasteiger partial charge in [0.1, 0.15) is 6.20 Å². The molecule has 0 aliphatic rings. The summed E-state index contributed by atoms with van der Waals surface area (Å²) in [5, 5.41) is 27.5. The first kappa shape index (κ1) is 8.62. The van der Waals surface area contributed by atoms with Crippen molar-refractivity contribution in [2.45, 2.75) is 6.29 Å². The average Bonchev–Trinajstić information content (AvgIpc) is 2.30. The first-order valence-electron chi connectivity index (χ1n) is 3.06. The molecule has 0 atom stereocenters. The van der Waals surface area contributed by atoms with Crippen LogP contribution in [0.5, 0.6) is 0 Å². The number of rotatable bonds is 2. The summed E-state index contributed by atoms with van der Waals surface area (Å²) < 4.78 is 1.00. The summed E-state index contributed by atoms with van der Waals surface area (Å²) in [5.74, 6) is -0.431. The third kappa shape index (κ3) is 1.27. The molecule has 1 heterocycles. The molecule has 0 amide bonds. The Balaban J connectivity index is 3.13. The van der Waals surface area contributed by atoms with E-state index >= 15 is 0 Å². The minimum Gasteiger partial charge on any atom is -0.360 e. The number of nitro groups is 1. The van der Waals surface area contributed by atoms with E-state index in [0.29, 0.717) is 0 Å². The van der Waals surface area contributed by atoms with Crippen molar-refractivity contribution in [2.75, 3.05) is 0 Å². The second kappa shape index (κ2) is 2.88. The monoisotopic (exact) mass is 173 g/mol. The average molecular weight is 173 g/mol. The van der Waals surface area contributed by atoms with Gasteiger partial charge in [-0.3, -0.25) is 0 Å². The zero-order valence-corrected chi connectivity index (χ0v) is 6.21. The van der Waals surface area contributed by atoms with Gasteiger partial charge in [0.15, 0.2) is 0 Å². The summed E-state index contributed by atoms with van der Waals surface area (Å²) in [6, 6.07) is 0. The van der Waals surface area contributed by atoms with Gasteiger partial charge in [-0.15, -0.1) is 0 Å². The molecule has 0 saturated carbocycles. The lowest BCUT2D eigenvalue weighted by Crippen LogP contribution is -2.06. The van der Waals surface area contributed by atoms with Gasteiger partial charge in [-0.1, -0.05) is 0 Å². The van der Waals surface area contributed by atoms with Gasteiger partial charge in [0.25, 0.3) is 5.82 Å². The highest BCUT2D eigenvalue weighted by molar-refractivity contribution is 5.18. The maximum absolute atomic E-state index is 10.2.